The first kappa shape index (κ1) is 15.1. The zero-order chi connectivity index (χ0) is 14.9. The predicted octanol–water partition coefficient (Wildman–Crippen LogP) is 2.64. The Bertz CT molecular complexity index is 552. The van der Waals surface area contributed by atoms with Crippen LogP contribution in [0.1, 0.15) is 15.9 Å². The van der Waals surface area contributed by atoms with E-state index in [0.717, 1.165) is 11.3 Å². The molecule has 0 radical (unpaired) electrons. The van der Waals surface area contributed by atoms with E-state index in [0.29, 0.717) is 25.3 Å². The fraction of sp³-hybridized carbons (Fsp3) is 0.235. The Hall–Kier alpha value is -2.33. The molecule has 2 aromatic rings. The van der Waals surface area contributed by atoms with E-state index in [9.17, 15) is 4.79 Å². The van der Waals surface area contributed by atoms with Gasteiger partial charge < -0.3 is 14.8 Å². The summed E-state index contributed by atoms with van der Waals surface area (Å²) in [5.41, 5.74) is 1.72. The van der Waals surface area contributed by atoms with Crippen molar-refractivity contribution in [3.63, 3.8) is 0 Å². The fourth-order valence-corrected chi connectivity index (χ4v) is 1.81. The van der Waals surface area contributed by atoms with Crippen LogP contribution in [0.5, 0.6) is 5.75 Å². The first-order valence-corrected chi connectivity index (χ1v) is 6.83. The van der Waals surface area contributed by atoms with Gasteiger partial charge in [-0.3, -0.25) is 4.79 Å². The van der Waals surface area contributed by atoms with Gasteiger partial charge in [-0.2, -0.15) is 0 Å². The lowest BCUT2D eigenvalue weighted by atomic mass is 10.2. The molecular weight excluding hydrogens is 266 g/mol. The number of hydrogen-bond donors (Lipinski definition) is 1. The molecule has 4 heteroatoms. The number of methoxy groups -OCH3 is 1. The van der Waals surface area contributed by atoms with Crippen LogP contribution in [0.3, 0.4) is 0 Å². The minimum atomic E-state index is -0.110. The quantitative estimate of drug-likeness (QED) is 0.796. The molecule has 0 aromatic heterocycles. The second-order valence-electron chi connectivity index (χ2n) is 4.55. The monoisotopic (exact) mass is 285 g/mol. The van der Waals surface area contributed by atoms with Crippen molar-refractivity contribution in [3.05, 3.63) is 65.7 Å². The van der Waals surface area contributed by atoms with Crippen LogP contribution in [0.4, 0.5) is 0 Å². The van der Waals surface area contributed by atoms with Crippen LogP contribution in [0.2, 0.25) is 0 Å². The molecule has 4 nitrogen and oxygen atoms in total. The van der Waals surface area contributed by atoms with Crippen LogP contribution < -0.4 is 10.1 Å². The largest absolute Gasteiger partial charge is 0.489 e. The summed E-state index contributed by atoms with van der Waals surface area (Å²) < 4.78 is 10.6. The van der Waals surface area contributed by atoms with Crippen molar-refractivity contribution < 1.29 is 14.3 Å². The summed E-state index contributed by atoms with van der Waals surface area (Å²) in [5, 5.41) is 2.77. The summed E-state index contributed by atoms with van der Waals surface area (Å²) in [5.74, 6) is 0.633. The maximum Gasteiger partial charge on any atom is 0.251 e. The Kier molecular flexibility index (Phi) is 5.79. The Balaban J connectivity index is 1.85. The van der Waals surface area contributed by atoms with Crippen molar-refractivity contribution in [3.8, 4) is 5.75 Å². The summed E-state index contributed by atoms with van der Waals surface area (Å²) in [6.45, 7) is 1.52. The van der Waals surface area contributed by atoms with Crippen molar-refractivity contribution in [2.24, 2.45) is 0 Å². The van der Waals surface area contributed by atoms with E-state index < -0.39 is 0 Å². The lowest BCUT2D eigenvalue weighted by Crippen LogP contribution is -2.26. The smallest absolute Gasteiger partial charge is 0.251 e. The molecule has 1 amide bonds. The molecular formula is C17H19NO3. The summed E-state index contributed by atoms with van der Waals surface area (Å²) in [4.78, 5) is 11.8. The molecule has 0 aliphatic carbocycles. The van der Waals surface area contributed by atoms with E-state index in [2.05, 4.69) is 5.32 Å². The van der Waals surface area contributed by atoms with E-state index in [4.69, 9.17) is 9.47 Å². The number of rotatable bonds is 7. The Morgan fingerprint density at radius 2 is 1.76 bits per heavy atom. The summed E-state index contributed by atoms with van der Waals surface area (Å²) in [6.07, 6.45) is 0. The zero-order valence-electron chi connectivity index (χ0n) is 12.0. The van der Waals surface area contributed by atoms with Crippen molar-refractivity contribution >= 4 is 5.91 Å². The first-order valence-electron chi connectivity index (χ1n) is 6.83. The van der Waals surface area contributed by atoms with Crippen LogP contribution in [0, 0.1) is 0 Å². The highest BCUT2D eigenvalue weighted by molar-refractivity contribution is 5.94. The maximum atomic E-state index is 11.8. The highest BCUT2D eigenvalue weighted by atomic mass is 16.5. The van der Waals surface area contributed by atoms with Gasteiger partial charge in [-0.1, -0.05) is 30.3 Å². The molecule has 0 unspecified atom stereocenters. The van der Waals surface area contributed by atoms with Gasteiger partial charge >= 0.3 is 0 Å². The molecule has 0 spiro atoms. The van der Waals surface area contributed by atoms with Crippen molar-refractivity contribution in [2.75, 3.05) is 20.3 Å². The third-order valence-electron chi connectivity index (χ3n) is 2.96. The zero-order valence-corrected chi connectivity index (χ0v) is 12.0. The van der Waals surface area contributed by atoms with Gasteiger partial charge in [-0.15, -0.1) is 0 Å². The third kappa shape index (κ3) is 4.93. The molecule has 0 bridgehead atoms. The Labute approximate surface area is 124 Å². The minimum Gasteiger partial charge on any atom is -0.489 e. The van der Waals surface area contributed by atoms with Gasteiger partial charge in [0.15, 0.2) is 0 Å². The average molecular weight is 285 g/mol. The van der Waals surface area contributed by atoms with Gasteiger partial charge in [0, 0.05) is 19.2 Å². The molecule has 0 atom stereocenters. The second kappa shape index (κ2) is 8.07. The van der Waals surface area contributed by atoms with Crippen LogP contribution in [0.25, 0.3) is 0 Å². The minimum absolute atomic E-state index is 0.110. The first-order chi connectivity index (χ1) is 10.3. The molecule has 0 aliphatic rings. The fourth-order valence-electron chi connectivity index (χ4n) is 1.81. The van der Waals surface area contributed by atoms with E-state index in [-0.39, 0.29) is 5.91 Å². The molecule has 0 fully saturated rings. The number of carbonyl (C=O) groups is 1. The average Bonchev–Trinajstić information content (AvgIpc) is 2.54. The molecule has 0 saturated heterocycles. The van der Waals surface area contributed by atoms with Gasteiger partial charge in [-0.05, 0) is 29.8 Å². The van der Waals surface area contributed by atoms with Crippen LogP contribution in [-0.4, -0.2) is 26.2 Å². The topological polar surface area (TPSA) is 47.6 Å². The van der Waals surface area contributed by atoms with Gasteiger partial charge in [0.1, 0.15) is 12.4 Å². The van der Waals surface area contributed by atoms with Crippen molar-refractivity contribution in [1.29, 1.82) is 0 Å². The molecule has 21 heavy (non-hydrogen) atoms. The van der Waals surface area contributed by atoms with E-state index in [1.165, 1.54) is 0 Å². The number of hydrogen-bond acceptors (Lipinski definition) is 3. The Morgan fingerprint density at radius 3 is 2.43 bits per heavy atom. The molecule has 0 aliphatic heterocycles. The van der Waals surface area contributed by atoms with Gasteiger partial charge in [0.05, 0.1) is 6.61 Å². The van der Waals surface area contributed by atoms with E-state index >= 15 is 0 Å². The molecule has 110 valence electrons. The summed E-state index contributed by atoms with van der Waals surface area (Å²) >= 11 is 0. The SMILES string of the molecule is COCCNC(=O)c1ccc(OCc2ccccc2)cc1. The van der Waals surface area contributed by atoms with Crippen LogP contribution in [-0.2, 0) is 11.3 Å². The maximum absolute atomic E-state index is 11.8. The van der Waals surface area contributed by atoms with Gasteiger partial charge in [0.2, 0.25) is 0 Å². The van der Waals surface area contributed by atoms with Gasteiger partial charge in [0.25, 0.3) is 5.91 Å². The number of ether oxygens (including phenoxy) is 2. The number of carbonyl (C=O) groups excluding carboxylic acids is 1. The molecule has 2 rings (SSSR count). The molecule has 0 saturated carbocycles. The number of benzene rings is 2. The third-order valence-corrected chi connectivity index (χ3v) is 2.96. The molecule has 2 aromatic carbocycles. The standard InChI is InChI=1S/C17H19NO3/c1-20-12-11-18-17(19)15-7-9-16(10-8-15)21-13-14-5-3-2-4-6-14/h2-10H,11-13H2,1H3,(H,18,19). The van der Waals surface area contributed by atoms with Gasteiger partial charge in [-0.25, -0.2) is 0 Å². The van der Waals surface area contributed by atoms with Crippen molar-refractivity contribution in [2.45, 2.75) is 6.61 Å². The lowest BCUT2D eigenvalue weighted by molar-refractivity contribution is 0.0937. The Morgan fingerprint density at radius 1 is 1.05 bits per heavy atom. The van der Waals surface area contributed by atoms with Crippen molar-refractivity contribution in [1.82, 2.24) is 5.32 Å². The summed E-state index contributed by atoms with van der Waals surface area (Å²) in [7, 11) is 1.60. The highest BCUT2D eigenvalue weighted by Crippen LogP contribution is 2.14. The lowest BCUT2D eigenvalue weighted by Gasteiger charge is -2.08. The number of nitrogens with one attached hydrogen (secondary N) is 1. The number of amides is 1. The van der Waals surface area contributed by atoms with E-state index in [1.54, 1.807) is 31.4 Å². The van der Waals surface area contributed by atoms with Crippen LogP contribution >= 0.6 is 0 Å². The molecule has 0 heterocycles. The summed E-state index contributed by atoms with van der Waals surface area (Å²) in [6, 6.07) is 17.1. The highest BCUT2D eigenvalue weighted by Gasteiger charge is 2.04. The normalized spacial score (nSPS) is 10.1. The van der Waals surface area contributed by atoms with E-state index in [1.807, 2.05) is 30.3 Å². The second-order valence-corrected chi connectivity index (χ2v) is 4.55. The van der Waals surface area contributed by atoms with Crippen LogP contribution in [0.15, 0.2) is 54.6 Å². The molecule has 1 N–H and O–H groups in total. The predicted molar refractivity (Wildman–Crippen MR) is 81.4 cm³/mol.